The summed E-state index contributed by atoms with van der Waals surface area (Å²) in [7, 11) is 0. The molecule has 1 aromatic rings. The van der Waals surface area contributed by atoms with Gasteiger partial charge in [0.25, 0.3) is 0 Å². The van der Waals surface area contributed by atoms with Crippen molar-refractivity contribution in [2.24, 2.45) is 0 Å². The Labute approximate surface area is 135 Å². The van der Waals surface area contributed by atoms with Gasteiger partial charge >= 0.3 is 0 Å². The van der Waals surface area contributed by atoms with Crippen LogP contribution in [-0.4, -0.2) is 56.0 Å². The molecule has 0 bridgehead atoms. The maximum Gasteiger partial charge on any atom is 0.230 e. The van der Waals surface area contributed by atoms with E-state index in [0.717, 1.165) is 49.2 Å². The molecule has 1 aromatic carbocycles. The first-order chi connectivity index (χ1) is 10.3. The third-order valence-electron chi connectivity index (χ3n) is 3.30. The zero-order chi connectivity index (χ0) is 14.9. The minimum Gasteiger partial charge on any atom is -0.379 e. The number of morpholine rings is 1. The van der Waals surface area contributed by atoms with Gasteiger partial charge in [0, 0.05) is 37.0 Å². The number of rotatable bonds is 7. The van der Waals surface area contributed by atoms with Gasteiger partial charge in [0.1, 0.15) is 0 Å². The molecule has 0 atom stereocenters. The van der Waals surface area contributed by atoms with Crippen LogP contribution in [0.5, 0.6) is 0 Å². The molecular formula is C15H21ClN2O2S. The fourth-order valence-electron chi connectivity index (χ4n) is 2.10. The lowest BCUT2D eigenvalue weighted by Crippen LogP contribution is -2.41. The number of hydrogen-bond donors (Lipinski definition) is 1. The summed E-state index contributed by atoms with van der Waals surface area (Å²) >= 11 is 7.66. The van der Waals surface area contributed by atoms with E-state index in [1.54, 1.807) is 11.8 Å². The number of carbonyl (C=O) groups excluding carboxylic acids is 1. The Morgan fingerprint density at radius 3 is 2.86 bits per heavy atom. The number of thioether (sulfide) groups is 1. The second kappa shape index (κ2) is 9.30. The molecule has 116 valence electrons. The Balaban J connectivity index is 1.56. The molecule has 1 amide bonds. The predicted octanol–water partition coefficient (Wildman–Crippen LogP) is 2.02. The van der Waals surface area contributed by atoms with Crippen molar-refractivity contribution >= 4 is 29.3 Å². The standard InChI is InChI=1S/C15H21ClN2O2S/c16-14-4-2-1-3-13(14)11-21-12-15(19)17-5-6-18-7-9-20-10-8-18/h1-4H,5-12H2,(H,17,19). The highest BCUT2D eigenvalue weighted by Gasteiger charge is 2.10. The van der Waals surface area contributed by atoms with Crippen LogP contribution in [0.4, 0.5) is 0 Å². The summed E-state index contributed by atoms with van der Waals surface area (Å²) in [5.41, 5.74) is 1.07. The summed E-state index contributed by atoms with van der Waals surface area (Å²) in [5, 5.41) is 3.72. The molecule has 0 saturated carbocycles. The SMILES string of the molecule is O=C(CSCc1ccccc1Cl)NCCN1CCOCC1. The third kappa shape index (κ3) is 6.26. The summed E-state index contributed by atoms with van der Waals surface area (Å²) in [6, 6.07) is 7.74. The first-order valence-electron chi connectivity index (χ1n) is 7.13. The average molecular weight is 329 g/mol. The van der Waals surface area contributed by atoms with Gasteiger partial charge in [0.15, 0.2) is 0 Å². The van der Waals surface area contributed by atoms with E-state index in [-0.39, 0.29) is 5.91 Å². The number of halogens is 1. The Morgan fingerprint density at radius 2 is 2.10 bits per heavy atom. The summed E-state index contributed by atoms with van der Waals surface area (Å²) in [6.45, 7) is 5.09. The van der Waals surface area contributed by atoms with E-state index in [9.17, 15) is 4.79 Å². The zero-order valence-corrected chi connectivity index (χ0v) is 13.6. The molecule has 1 aliphatic heterocycles. The maximum atomic E-state index is 11.8. The smallest absolute Gasteiger partial charge is 0.230 e. The quantitative estimate of drug-likeness (QED) is 0.831. The molecule has 1 heterocycles. The molecule has 1 N–H and O–H groups in total. The number of carbonyl (C=O) groups is 1. The van der Waals surface area contributed by atoms with Gasteiger partial charge < -0.3 is 10.1 Å². The van der Waals surface area contributed by atoms with Gasteiger partial charge in [0.2, 0.25) is 5.91 Å². The molecule has 6 heteroatoms. The van der Waals surface area contributed by atoms with Crippen molar-refractivity contribution < 1.29 is 9.53 Å². The van der Waals surface area contributed by atoms with Crippen LogP contribution in [0, 0.1) is 0 Å². The van der Waals surface area contributed by atoms with Crippen molar-refractivity contribution in [3.8, 4) is 0 Å². The fourth-order valence-corrected chi connectivity index (χ4v) is 3.24. The summed E-state index contributed by atoms with van der Waals surface area (Å²) in [4.78, 5) is 14.1. The topological polar surface area (TPSA) is 41.6 Å². The fraction of sp³-hybridized carbons (Fsp3) is 0.533. The van der Waals surface area contributed by atoms with Crippen molar-refractivity contribution in [1.82, 2.24) is 10.2 Å². The Bertz CT molecular complexity index is 453. The maximum absolute atomic E-state index is 11.8. The first-order valence-corrected chi connectivity index (χ1v) is 8.67. The van der Waals surface area contributed by atoms with Gasteiger partial charge in [-0.1, -0.05) is 29.8 Å². The highest BCUT2D eigenvalue weighted by atomic mass is 35.5. The summed E-state index contributed by atoms with van der Waals surface area (Å²) in [6.07, 6.45) is 0. The molecule has 0 aliphatic carbocycles. The van der Waals surface area contributed by atoms with Crippen LogP contribution < -0.4 is 5.32 Å². The Morgan fingerprint density at radius 1 is 1.33 bits per heavy atom. The lowest BCUT2D eigenvalue weighted by Gasteiger charge is -2.26. The monoisotopic (exact) mass is 328 g/mol. The molecule has 4 nitrogen and oxygen atoms in total. The highest BCUT2D eigenvalue weighted by Crippen LogP contribution is 2.20. The lowest BCUT2D eigenvalue weighted by atomic mass is 10.2. The molecule has 1 fully saturated rings. The number of nitrogens with one attached hydrogen (secondary N) is 1. The lowest BCUT2D eigenvalue weighted by molar-refractivity contribution is -0.118. The molecule has 0 radical (unpaired) electrons. The number of ether oxygens (including phenoxy) is 1. The number of amides is 1. The molecule has 0 aromatic heterocycles. The van der Waals surface area contributed by atoms with Crippen LogP contribution in [0.2, 0.25) is 5.02 Å². The van der Waals surface area contributed by atoms with Crippen LogP contribution in [0.1, 0.15) is 5.56 Å². The van der Waals surface area contributed by atoms with Crippen LogP contribution in [0.15, 0.2) is 24.3 Å². The second-order valence-corrected chi connectivity index (χ2v) is 6.28. The first kappa shape index (κ1) is 16.6. The minimum atomic E-state index is 0.0836. The Kier molecular flexibility index (Phi) is 7.36. The van der Waals surface area contributed by atoms with Gasteiger partial charge in [0.05, 0.1) is 19.0 Å². The van der Waals surface area contributed by atoms with E-state index >= 15 is 0 Å². The number of nitrogens with zero attached hydrogens (tertiary/aromatic N) is 1. The molecule has 1 saturated heterocycles. The molecule has 21 heavy (non-hydrogen) atoms. The van der Waals surface area contributed by atoms with Crippen molar-refractivity contribution in [3.63, 3.8) is 0 Å². The van der Waals surface area contributed by atoms with Crippen LogP contribution >= 0.6 is 23.4 Å². The van der Waals surface area contributed by atoms with Crippen LogP contribution in [-0.2, 0) is 15.3 Å². The second-order valence-electron chi connectivity index (χ2n) is 4.89. The normalized spacial score (nSPS) is 15.9. The van der Waals surface area contributed by atoms with E-state index in [1.807, 2.05) is 24.3 Å². The van der Waals surface area contributed by atoms with E-state index in [4.69, 9.17) is 16.3 Å². The molecule has 1 aliphatic rings. The van der Waals surface area contributed by atoms with Gasteiger partial charge in [-0.3, -0.25) is 9.69 Å². The average Bonchev–Trinajstić information content (AvgIpc) is 2.50. The zero-order valence-electron chi connectivity index (χ0n) is 12.0. The predicted molar refractivity (Wildman–Crippen MR) is 87.9 cm³/mol. The van der Waals surface area contributed by atoms with Crippen LogP contribution in [0.3, 0.4) is 0 Å². The number of hydrogen-bond acceptors (Lipinski definition) is 4. The van der Waals surface area contributed by atoms with E-state index in [2.05, 4.69) is 10.2 Å². The van der Waals surface area contributed by atoms with Gasteiger partial charge in [-0.05, 0) is 11.6 Å². The van der Waals surface area contributed by atoms with E-state index in [1.165, 1.54) is 0 Å². The van der Waals surface area contributed by atoms with Crippen molar-refractivity contribution in [1.29, 1.82) is 0 Å². The van der Waals surface area contributed by atoms with E-state index < -0.39 is 0 Å². The van der Waals surface area contributed by atoms with Gasteiger partial charge in [-0.2, -0.15) is 0 Å². The molecule has 0 unspecified atom stereocenters. The van der Waals surface area contributed by atoms with Crippen molar-refractivity contribution in [3.05, 3.63) is 34.9 Å². The third-order valence-corrected chi connectivity index (χ3v) is 4.65. The van der Waals surface area contributed by atoms with Crippen molar-refractivity contribution in [2.45, 2.75) is 5.75 Å². The largest absolute Gasteiger partial charge is 0.379 e. The molecule has 2 rings (SSSR count). The van der Waals surface area contributed by atoms with Crippen molar-refractivity contribution in [2.75, 3.05) is 45.1 Å². The van der Waals surface area contributed by atoms with E-state index in [0.29, 0.717) is 12.3 Å². The number of benzene rings is 1. The summed E-state index contributed by atoms with van der Waals surface area (Å²) in [5.74, 6) is 1.31. The van der Waals surface area contributed by atoms with Gasteiger partial charge in [-0.15, -0.1) is 11.8 Å². The minimum absolute atomic E-state index is 0.0836. The van der Waals surface area contributed by atoms with Crippen LogP contribution in [0.25, 0.3) is 0 Å². The molecule has 0 spiro atoms. The molecular weight excluding hydrogens is 308 g/mol. The summed E-state index contributed by atoms with van der Waals surface area (Å²) < 4.78 is 5.29. The Hall–Kier alpha value is -0.750. The highest BCUT2D eigenvalue weighted by molar-refractivity contribution is 7.99. The van der Waals surface area contributed by atoms with Gasteiger partial charge in [-0.25, -0.2) is 0 Å².